The van der Waals surface area contributed by atoms with Crippen LogP contribution in [0.15, 0.2) is 46.0 Å². The van der Waals surface area contributed by atoms with Gasteiger partial charge in [-0.05, 0) is 42.6 Å². The molecule has 1 atom stereocenters. The molecule has 1 aromatic carbocycles. The Kier molecular flexibility index (Phi) is 6.15. The van der Waals surface area contributed by atoms with Crippen molar-refractivity contribution in [3.63, 3.8) is 0 Å². The molecular weight excluding hydrogens is 386 g/mol. The molecule has 2 N–H and O–H groups in total. The molecule has 0 radical (unpaired) electrons. The highest BCUT2D eigenvalue weighted by atomic mass is 32.2. The summed E-state index contributed by atoms with van der Waals surface area (Å²) in [6, 6.07) is 10.3. The number of methoxy groups -OCH3 is 1. The molecule has 7 nitrogen and oxygen atoms in total. The van der Waals surface area contributed by atoms with E-state index < -0.39 is 10.0 Å². The average Bonchev–Trinajstić information content (AvgIpc) is 3.24. The number of nitrogens with zero attached hydrogens (tertiary/aromatic N) is 1. The fourth-order valence-electron chi connectivity index (χ4n) is 3.09. The van der Waals surface area contributed by atoms with Crippen molar-refractivity contribution in [2.24, 2.45) is 0 Å². The number of sulfonamides is 1. The van der Waals surface area contributed by atoms with Gasteiger partial charge in [0, 0.05) is 5.69 Å². The number of hydrogen-bond donors (Lipinski definition) is 2. The fraction of sp³-hybridized carbons (Fsp3) is 0.389. The maximum absolute atomic E-state index is 12.6. The summed E-state index contributed by atoms with van der Waals surface area (Å²) in [5.41, 5.74) is 0.714. The highest BCUT2D eigenvalue weighted by Crippen LogP contribution is 2.20. The number of carbonyl (C=O) groups excluding carboxylic acids is 1. The predicted octanol–water partition coefficient (Wildman–Crippen LogP) is 0.673. The number of benzene rings is 1. The molecule has 0 unspecified atom stereocenters. The zero-order valence-electron chi connectivity index (χ0n) is 15.3. The quantitative estimate of drug-likeness (QED) is 0.734. The molecule has 2 heterocycles. The Hall–Kier alpha value is -1.94. The van der Waals surface area contributed by atoms with Crippen molar-refractivity contribution in [2.45, 2.75) is 17.2 Å². The van der Waals surface area contributed by atoms with Gasteiger partial charge in [-0.2, -0.15) is 4.31 Å². The lowest BCUT2D eigenvalue weighted by atomic mass is 10.2. The van der Waals surface area contributed by atoms with Crippen LogP contribution in [0.4, 0.5) is 5.69 Å². The lowest BCUT2D eigenvalue weighted by Crippen LogP contribution is -3.19. The minimum atomic E-state index is -3.42. The van der Waals surface area contributed by atoms with Gasteiger partial charge in [0.25, 0.3) is 15.9 Å². The van der Waals surface area contributed by atoms with E-state index in [4.69, 9.17) is 4.74 Å². The Morgan fingerprint density at radius 1 is 1.22 bits per heavy atom. The van der Waals surface area contributed by atoms with E-state index in [1.165, 1.54) is 15.6 Å². The van der Waals surface area contributed by atoms with Gasteiger partial charge in [-0.3, -0.25) is 4.79 Å². The zero-order chi connectivity index (χ0) is 19.4. The standard InChI is InChI=1S/C18H23N3O4S2/c1-14(18(22)19-15-5-7-16(25-2)8-6-15)20-9-11-21(12-10-20)27(23,24)17-4-3-13-26-17/h3-8,13-14H,9-12H2,1-2H3,(H,19,22)/p+1/t14-/m0/s1. The molecule has 27 heavy (non-hydrogen) atoms. The molecule has 1 aromatic heterocycles. The van der Waals surface area contributed by atoms with Crippen LogP contribution in [0, 0.1) is 0 Å². The number of quaternary nitrogens is 1. The van der Waals surface area contributed by atoms with Crippen molar-refractivity contribution >= 4 is 33.0 Å². The van der Waals surface area contributed by atoms with E-state index in [1.807, 2.05) is 6.92 Å². The smallest absolute Gasteiger partial charge is 0.282 e. The maximum atomic E-state index is 12.6. The first-order valence-corrected chi connectivity index (χ1v) is 11.1. The van der Waals surface area contributed by atoms with Gasteiger partial charge in [-0.15, -0.1) is 11.3 Å². The number of carbonyl (C=O) groups is 1. The molecule has 0 bridgehead atoms. The summed E-state index contributed by atoms with van der Waals surface area (Å²) >= 11 is 1.23. The van der Waals surface area contributed by atoms with Gasteiger partial charge in [0.05, 0.1) is 33.3 Å². The molecule has 2 aromatic rings. The van der Waals surface area contributed by atoms with Crippen LogP contribution in [0.3, 0.4) is 0 Å². The second-order valence-electron chi connectivity index (χ2n) is 6.43. The van der Waals surface area contributed by atoms with Crippen molar-refractivity contribution < 1.29 is 22.8 Å². The number of anilines is 1. The summed E-state index contributed by atoms with van der Waals surface area (Å²) in [5.74, 6) is 0.652. The normalized spacial score (nSPS) is 17.4. The minimum Gasteiger partial charge on any atom is -0.497 e. The molecule has 9 heteroatoms. The Morgan fingerprint density at radius 2 is 1.89 bits per heavy atom. The van der Waals surface area contributed by atoms with Crippen LogP contribution in [0.25, 0.3) is 0 Å². The fourth-order valence-corrected chi connectivity index (χ4v) is 5.68. The van der Waals surface area contributed by atoms with E-state index in [0.717, 1.165) is 10.6 Å². The van der Waals surface area contributed by atoms with Gasteiger partial charge in [0.15, 0.2) is 6.04 Å². The van der Waals surface area contributed by atoms with E-state index in [-0.39, 0.29) is 11.9 Å². The Morgan fingerprint density at radius 3 is 2.44 bits per heavy atom. The number of amides is 1. The molecule has 0 spiro atoms. The van der Waals surface area contributed by atoms with E-state index in [2.05, 4.69) is 5.32 Å². The number of hydrogen-bond acceptors (Lipinski definition) is 5. The summed E-state index contributed by atoms with van der Waals surface area (Å²) in [6.07, 6.45) is 0. The molecule has 1 aliphatic rings. The van der Waals surface area contributed by atoms with Gasteiger partial charge < -0.3 is 15.0 Å². The molecule has 146 valence electrons. The average molecular weight is 411 g/mol. The van der Waals surface area contributed by atoms with Crippen LogP contribution in [0.2, 0.25) is 0 Å². The van der Waals surface area contributed by atoms with Crippen molar-refractivity contribution in [1.82, 2.24) is 4.31 Å². The van der Waals surface area contributed by atoms with Crippen LogP contribution in [0.5, 0.6) is 5.75 Å². The SMILES string of the molecule is COc1ccc(NC(=O)[C@H](C)[NH+]2CCN(S(=O)(=O)c3cccs3)CC2)cc1. The van der Waals surface area contributed by atoms with E-state index in [1.54, 1.807) is 48.9 Å². The van der Waals surface area contributed by atoms with E-state index >= 15 is 0 Å². The number of nitrogens with one attached hydrogen (secondary N) is 2. The molecule has 0 saturated carbocycles. The zero-order valence-corrected chi connectivity index (χ0v) is 17.0. The first-order valence-electron chi connectivity index (χ1n) is 8.75. The maximum Gasteiger partial charge on any atom is 0.282 e. The first kappa shape index (κ1) is 19.8. The molecule has 1 amide bonds. The van der Waals surface area contributed by atoms with Gasteiger partial charge in [-0.1, -0.05) is 6.07 Å². The minimum absolute atomic E-state index is 0.0790. The highest BCUT2D eigenvalue weighted by molar-refractivity contribution is 7.91. The summed E-state index contributed by atoms with van der Waals surface area (Å²) in [4.78, 5) is 13.6. The Labute approximate surface area is 163 Å². The van der Waals surface area contributed by atoms with Crippen LogP contribution >= 0.6 is 11.3 Å². The predicted molar refractivity (Wildman–Crippen MR) is 105 cm³/mol. The molecule has 0 aliphatic carbocycles. The largest absolute Gasteiger partial charge is 0.497 e. The van der Waals surface area contributed by atoms with Crippen molar-refractivity contribution in [1.29, 1.82) is 0 Å². The van der Waals surface area contributed by atoms with Gasteiger partial charge in [-0.25, -0.2) is 8.42 Å². The number of thiophene rings is 1. The first-order chi connectivity index (χ1) is 12.9. The monoisotopic (exact) mass is 410 g/mol. The Bertz CT molecular complexity index is 859. The van der Waals surface area contributed by atoms with E-state index in [9.17, 15) is 13.2 Å². The van der Waals surface area contributed by atoms with Gasteiger partial charge >= 0.3 is 0 Å². The number of rotatable bonds is 6. The van der Waals surface area contributed by atoms with Crippen LogP contribution in [-0.4, -0.2) is 58.0 Å². The summed E-state index contributed by atoms with van der Waals surface area (Å²) < 4.78 is 32.2. The Balaban J connectivity index is 1.56. The second-order valence-corrected chi connectivity index (χ2v) is 9.55. The molecule has 3 rings (SSSR count). The lowest BCUT2D eigenvalue weighted by molar-refractivity contribution is -0.917. The molecule has 1 aliphatic heterocycles. The third kappa shape index (κ3) is 4.49. The van der Waals surface area contributed by atoms with Gasteiger partial charge in [0.1, 0.15) is 9.96 Å². The number of ether oxygens (including phenoxy) is 1. The summed E-state index contributed by atoms with van der Waals surface area (Å²) in [6.45, 7) is 3.90. The molecule has 1 saturated heterocycles. The second kappa shape index (κ2) is 8.39. The lowest BCUT2D eigenvalue weighted by Gasteiger charge is -2.33. The molecular formula is C18H24N3O4S2+. The van der Waals surface area contributed by atoms with Gasteiger partial charge in [0.2, 0.25) is 0 Å². The third-order valence-electron chi connectivity index (χ3n) is 4.82. The van der Waals surface area contributed by atoms with Crippen molar-refractivity contribution in [3.8, 4) is 5.75 Å². The van der Waals surface area contributed by atoms with Crippen LogP contribution in [-0.2, 0) is 14.8 Å². The summed E-state index contributed by atoms with van der Waals surface area (Å²) in [7, 11) is -1.82. The van der Waals surface area contributed by atoms with Crippen molar-refractivity contribution in [3.05, 3.63) is 41.8 Å². The van der Waals surface area contributed by atoms with Crippen LogP contribution in [0.1, 0.15) is 6.92 Å². The summed E-state index contributed by atoms with van der Waals surface area (Å²) in [5, 5.41) is 4.67. The van der Waals surface area contributed by atoms with E-state index in [0.29, 0.717) is 36.1 Å². The highest BCUT2D eigenvalue weighted by Gasteiger charge is 2.34. The van der Waals surface area contributed by atoms with Crippen LogP contribution < -0.4 is 15.0 Å². The third-order valence-corrected chi connectivity index (χ3v) is 8.09. The topological polar surface area (TPSA) is 80.2 Å². The molecule has 1 fully saturated rings. The number of piperazine rings is 1. The van der Waals surface area contributed by atoms with Crippen molar-refractivity contribution in [2.75, 3.05) is 38.6 Å².